The third-order valence-corrected chi connectivity index (χ3v) is 2.23. The number of hydrogen-bond donors (Lipinski definition) is 0. The van der Waals surface area contributed by atoms with Gasteiger partial charge in [0.15, 0.2) is 0 Å². The molecule has 0 aliphatic heterocycles. The van der Waals surface area contributed by atoms with E-state index in [1.54, 1.807) is 12.1 Å². The van der Waals surface area contributed by atoms with Gasteiger partial charge in [-0.25, -0.2) is 0 Å². The van der Waals surface area contributed by atoms with Gasteiger partial charge < -0.3 is 4.79 Å². The third-order valence-electron chi connectivity index (χ3n) is 1.89. The molecule has 0 aliphatic carbocycles. The topological polar surface area (TPSA) is 17.1 Å². The fourth-order valence-electron chi connectivity index (χ4n) is 1.21. The number of carbonyl (C=O) groups excluding carboxylic acids is 1. The van der Waals surface area contributed by atoms with E-state index in [-0.39, 0.29) is 5.92 Å². The Hall–Kier alpha value is -1.08. The molecule has 1 aromatic carbocycles. The molecule has 0 aromatic heterocycles. The minimum atomic E-state index is -0.161. The highest BCUT2D eigenvalue weighted by Crippen LogP contribution is 2.25. The van der Waals surface area contributed by atoms with Crippen LogP contribution in [0.25, 0.3) is 0 Å². The second kappa shape index (κ2) is 4.83. The highest BCUT2D eigenvalue weighted by atomic mass is 35.5. The molecule has 0 saturated heterocycles. The largest absolute Gasteiger partial charge is 0.303 e. The van der Waals surface area contributed by atoms with Gasteiger partial charge in [0.1, 0.15) is 6.29 Å². The molecule has 68 valence electrons. The van der Waals surface area contributed by atoms with Gasteiger partial charge >= 0.3 is 0 Å². The van der Waals surface area contributed by atoms with Crippen LogP contribution in [0, 0.1) is 0 Å². The van der Waals surface area contributed by atoms with Gasteiger partial charge in [-0.3, -0.25) is 0 Å². The van der Waals surface area contributed by atoms with Crippen molar-refractivity contribution in [3.8, 4) is 0 Å². The molecule has 0 spiro atoms. The summed E-state index contributed by atoms with van der Waals surface area (Å²) in [5.41, 5.74) is 0.874. The van der Waals surface area contributed by atoms with Gasteiger partial charge in [0.2, 0.25) is 0 Å². The van der Waals surface area contributed by atoms with E-state index in [9.17, 15) is 4.79 Å². The minimum Gasteiger partial charge on any atom is -0.303 e. The van der Waals surface area contributed by atoms with Crippen LogP contribution in [0.1, 0.15) is 17.9 Å². The zero-order chi connectivity index (χ0) is 9.68. The summed E-state index contributed by atoms with van der Waals surface area (Å²) in [7, 11) is 0. The third kappa shape index (κ3) is 2.43. The Kier molecular flexibility index (Phi) is 3.71. The van der Waals surface area contributed by atoms with E-state index < -0.39 is 0 Å². The zero-order valence-corrected chi connectivity index (χ0v) is 8.00. The summed E-state index contributed by atoms with van der Waals surface area (Å²) in [5, 5.41) is 0.640. The Morgan fingerprint density at radius 3 is 2.69 bits per heavy atom. The van der Waals surface area contributed by atoms with Crippen LogP contribution < -0.4 is 0 Å². The number of aldehydes is 1. The van der Waals surface area contributed by atoms with Crippen LogP contribution in [0.2, 0.25) is 5.02 Å². The molecule has 1 atom stereocenters. The lowest BCUT2D eigenvalue weighted by atomic mass is 9.97. The standard InChI is InChI=1S/C11H11ClO/c1-2-5-9(8-13)10-6-3-4-7-11(10)12/h2-4,6-9H,1,5H2. The first kappa shape index (κ1) is 10.0. The Bertz CT molecular complexity index is 307. The average Bonchev–Trinajstić information content (AvgIpc) is 2.16. The molecule has 1 nitrogen and oxygen atoms in total. The maximum Gasteiger partial charge on any atom is 0.127 e. The van der Waals surface area contributed by atoms with Crippen molar-refractivity contribution in [2.75, 3.05) is 0 Å². The predicted molar refractivity (Wildman–Crippen MR) is 55.1 cm³/mol. The number of carbonyl (C=O) groups is 1. The van der Waals surface area contributed by atoms with Crippen LogP contribution >= 0.6 is 11.6 Å². The number of allylic oxidation sites excluding steroid dienone is 1. The molecule has 1 rings (SSSR count). The van der Waals surface area contributed by atoms with Gasteiger partial charge in [-0.1, -0.05) is 35.9 Å². The first-order valence-electron chi connectivity index (χ1n) is 4.10. The van der Waals surface area contributed by atoms with E-state index in [4.69, 9.17) is 11.6 Å². The summed E-state index contributed by atoms with van der Waals surface area (Å²) in [5.74, 6) is -0.161. The average molecular weight is 195 g/mol. The van der Waals surface area contributed by atoms with Gasteiger partial charge in [-0.05, 0) is 18.1 Å². The lowest BCUT2D eigenvalue weighted by Crippen LogP contribution is -1.99. The SMILES string of the molecule is C=CCC(C=O)c1ccccc1Cl. The van der Waals surface area contributed by atoms with E-state index in [1.807, 2.05) is 18.2 Å². The molecule has 1 unspecified atom stereocenters. The number of halogens is 1. The Balaban J connectivity index is 2.96. The summed E-state index contributed by atoms with van der Waals surface area (Å²) in [6, 6.07) is 7.38. The van der Waals surface area contributed by atoms with Crippen LogP contribution in [0.5, 0.6) is 0 Å². The zero-order valence-electron chi connectivity index (χ0n) is 7.24. The molecule has 0 heterocycles. The van der Waals surface area contributed by atoms with Gasteiger partial charge in [0.25, 0.3) is 0 Å². The molecule has 0 saturated carbocycles. The molecule has 2 heteroatoms. The second-order valence-electron chi connectivity index (χ2n) is 2.79. The molecule has 0 N–H and O–H groups in total. The molecule has 0 amide bonds. The van der Waals surface area contributed by atoms with Gasteiger partial charge in [0.05, 0.1) is 0 Å². The molecule has 0 bridgehead atoms. The van der Waals surface area contributed by atoms with E-state index >= 15 is 0 Å². The van der Waals surface area contributed by atoms with Crippen LogP contribution in [-0.2, 0) is 4.79 Å². The van der Waals surface area contributed by atoms with E-state index in [1.165, 1.54) is 0 Å². The maximum atomic E-state index is 10.7. The van der Waals surface area contributed by atoms with E-state index in [2.05, 4.69) is 6.58 Å². The first-order valence-corrected chi connectivity index (χ1v) is 4.48. The van der Waals surface area contributed by atoms with Crippen molar-refractivity contribution in [2.45, 2.75) is 12.3 Å². The molecular weight excluding hydrogens is 184 g/mol. The first-order chi connectivity index (χ1) is 6.29. The van der Waals surface area contributed by atoms with Crippen LogP contribution in [0.15, 0.2) is 36.9 Å². The maximum absolute atomic E-state index is 10.7. The molecule has 0 radical (unpaired) electrons. The van der Waals surface area contributed by atoms with Crippen molar-refractivity contribution in [1.82, 2.24) is 0 Å². The molecular formula is C11H11ClO. The normalized spacial score (nSPS) is 12.1. The minimum absolute atomic E-state index is 0.161. The molecule has 1 aromatic rings. The number of benzene rings is 1. The molecule has 0 fully saturated rings. The lowest BCUT2D eigenvalue weighted by Gasteiger charge is -2.09. The quantitative estimate of drug-likeness (QED) is 0.532. The summed E-state index contributed by atoms with van der Waals surface area (Å²) in [4.78, 5) is 10.7. The lowest BCUT2D eigenvalue weighted by molar-refractivity contribution is -0.109. The molecule has 13 heavy (non-hydrogen) atoms. The summed E-state index contributed by atoms with van der Waals surface area (Å²) in [6.07, 6.45) is 3.26. The van der Waals surface area contributed by atoms with Gasteiger partial charge in [-0.2, -0.15) is 0 Å². The monoisotopic (exact) mass is 194 g/mol. The van der Waals surface area contributed by atoms with Crippen molar-refractivity contribution >= 4 is 17.9 Å². The van der Waals surface area contributed by atoms with Crippen molar-refractivity contribution in [3.05, 3.63) is 47.5 Å². The smallest absolute Gasteiger partial charge is 0.127 e. The fraction of sp³-hybridized carbons (Fsp3) is 0.182. The van der Waals surface area contributed by atoms with Crippen molar-refractivity contribution in [3.63, 3.8) is 0 Å². The van der Waals surface area contributed by atoms with Crippen LogP contribution in [-0.4, -0.2) is 6.29 Å². The fourth-order valence-corrected chi connectivity index (χ4v) is 1.49. The van der Waals surface area contributed by atoms with Crippen molar-refractivity contribution in [1.29, 1.82) is 0 Å². The Labute approximate surface area is 83.0 Å². The van der Waals surface area contributed by atoms with Crippen LogP contribution in [0.4, 0.5) is 0 Å². The number of hydrogen-bond acceptors (Lipinski definition) is 1. The van der Waals surface area contributed by atoms with E-state index in [0.717, 1.165) is 11.8 Å². The van der Waals surface area contributed by atoms with Crippen molar-refractivity contribution < 1.29 is 4.79 Å². The number of rotatable bonds is 4. The Morgan fingerprint density at radius 1 is 1.46 bits per heavy atom. The van der Waals surface area contributed by atoms with Crippen molar-refractivity contribution in [2.24, 2.45) is 0 Å². The van der Waals surface area contributed by atoms with E-state index in [0.29, 0.717) is 11.4 Å². The highest BCUT2D eigenvalue weighted by molar-refractivity contribution is 6.31. The second-order valence-corrected chi connectivity index (χ2v) is 3.20. The Morgan fingerprint density at radius 2 is 2.15 bits per heavy atom. The predicted octanol–water partition coefficient (Wildman–Crippen LogP) is 3.20. The summed E-state index contributed by atoms with van der Waals surface area (Å²) in [6.45, 7) is 3.60. The molecule has 0 aliphatic rings. The van der Waals surface area contributed by atoms with Crippen LogP contribution in [0.3, 0.4) is 0 Å². The highest BCUT2D eigenvalue weighted by Gasteiger charge is 2.10. The summed E-state index contributed by atoms with van der Waals surface area (Å²) >= 11 is 5.94. The van der Waals surface area contributed by atoms with Gasteiger partial charge in [0, 0.05) is 10.9 Å². The van der Waals surface area contributed by atoms with Gasteiger partial charge in [-0.15, -0.1) is 6.58 Å². The summed E-state index contributed by atoms with van der Waals surface area (Å²) < 4.78 is 0.